The van der Waals surface area contributed by atoms with Crippen molar-refractivity contribution in [2.75, 3.05) is 7.05 Å². The number of hydrogen-bond acceptors (Lipinski definition) is 2. The van der Waals surface area contributed by atoms with Crippen LogP contribution in [0.3, 0.4) is 0 Å². The molecule has 0 aromatic heterocycles. The fourth-order valence-corrected chi connectivity index (χ4v) is 9.94. The molecule has 0 amide bonds. The molecule has 0 radical (unpaired) electrons. The van der Waals surface area contributed by atoms with Crippen LogP contribution in [0.25, 0.3) is 5.70 Å². The maximum Gasteiger partial charge on any atom is 0.147 e. The van der Waals surface area contributed by atoms with E-state index in [2.05, 4.69) is 279 Å². The molecule has 0 aliphatic carbocycles. The second kappa shape index (κ2) is 17.3. The monoisotopic (exact) mass is 808 g/mol. The van der Waals surface area contributed by atoms with Gasteiger partial charge in [-0.05, 0) is 73.8 Å². The molecule has 0 bridgehead atoms. The summed E-state index contributed by atoms with van der Waals surface area (Å²) in [4.78, 5) is 7.93. The zero-order chi connectivity index (χ0) is 42.5. The van der Waals surface area contributed by atoms with Crippen LogP contribution in [0.2, 0.25) is 0 Å². The lowest BCUT2D eigenvalue weighted by Gasteiger charge is -2.38. The van der Waals surface area contributed by atoms with Crippen molar-refractivity contribution in [3.63, 3.8) is 0 Å². The van der Waals surface area contributed by atoms with Crippen LogP contribution < -0.4 is 0 Å². The summed E-state index contributed by atoms with van der Waals surface area (Å²) in [6, 6.07) is 94.5. The summed E-state index contributed by atoms with van der Waals surface area (Å²) in [5, 5.41) is 0. The third kappa shape index (κ3) is 7.10. The van der Waals surface area contributed by atoms with Gasteiger partial charge in [-0.2, -0.15) is 0 Å². The lowest BCUT2D eigenvalue weighted by atomic mass is 9.65. The summed E-state index contributed by atoms with van der Waals surface area (Å²) >= 11 is 0. The Morgan fingerprint density at radius 2 is 0.635 bits per heavy atom. The van der Waals surface area contributed by atoms with Gasteiger partial charge in [-0.1, -0.05) is 249 Å². The van der Waals surface area contributed by atoms with Crippen LogP contribution >= 0.6 is 0 Å². The Bertz CT molecular complexity index is 2790. The Balaban J connectivity index is 1.18. The standard InChI is InChI=1S/C61H48N2/c1-63-58(48-28-24-42-56(44-48)61(52-35-17-6-18-36-52,53-37-19-7-20-38-53)54-39-21-8-22-40-54)45-57(62-59(63)46-25-9-2-10-26-46)47-27-23-41-55(43-47)60(49-29-11-3-12-30-49,50-31-13-4-14-32-50)51-33-15-5-16-34-51/h2-45,59H,1H3. The fourth-order valence-electron chi connectivity index (χ4n) is 9.94. The van der Waals surface area contributed by atoms with Gasteiger partial charge in [-0.25, -0.2) is 0 Å². The maximum absolute atomic E-state index is 5.60. The molecule has 2 nitrogen and oxygen atoms in total. The normalized spacial score (nSPS) is 14.1. The van der Waals surface area contributed by atoms with E-state index in [1.807, 2.05) is 0 Å². The van der Waals surface area contributed by atoms with Crippen molar-refractivity contribution >= 4 is 11.4 Å². The number of aliphatic imine (C=N–C) groups is 1. The minimum atomic E-state index is -0.582. The first-order chi connectivity index (χ1) is 31.2. The molecule has 0 spiro atoms. The molecule has 9 aromatic rings. The molecule has 0 saturated carbocycles. The smallest absolute Gasteiger partial charge is 0.147 e. The average Bonchev–Trinajstić information content (AvgIpc) is 3.37. The van der Waals surface area contributed by atoms with Gasteiger partial charge in [0.1, 0.15) is 6.17 Å². The van der Waals surface area contributed by atoms with E-state index in [1.54, 1.807) is 0 Å². The molecular weight excluding hydrogens is 761 g/mol. The lowest BCUT2D eigenvalue weighted by Crippen LogP contribution is -2.32. The number of rotatable bonds is 11. The first-order valence-electron chi connectivity index (χ1n) is 21.8. The highest BCUT2D eigenvalue weighted by Crippen LogP contribution is 2.48. The van der Waals surface area contributed by atoms with E-state index in [1.165, 1.54) is 44.5 Å². The predicted molar refractivity (Wildman–Crippen MR) is 261 cm³/mol. The van der Waals surface area contributed by atoms with E-state index >= 15 is 0 Å². The van der Waals surface area contributed by atoms with Crippen molar-refractivity contribution in [1.82, 2.24) is 4.90 Å². The van der Waals surface area contributed by atoms with E-state index in [9.17, 15) is 0 Å². The predicted octanol–water partition coefficient (Wildman–Crippen LogP) is 13.9. The number of benzene rings is 9. The second-order valence-corrected chi connectivity index (χ2v) is 16.3. The highest BCUT2D eigenvalue weighted by atomic mass is 15.2. The molecule has 10 rings (SSSR count). The Labute approximate surface area is 371 Å². The highest BCUT2D eigenvalue weighted by molar-refractivity contribution is 6.13. The van der Waals surface area contributed by atoms with Crippen LogP contribution in [0.15, 0.2) is 272 Å². The van der Waals surface area contributed by atoms with Crippen molar-refractivity contribution in [1.29, 1.82) is 0 Å². The van der Waals surface area contributed by atoms with Gasteiger partial charge in [0, 0.05) is 18.3 Å². The maximum atomic E-state index is 5.60. The number of hydrogen-bond donors (Lipinski definition) is 0. The molecule has 2 heteroatoms. The van der Waals surface area contributed by atoms with Crippen molar-refractivity contribution in [2.24, 2.45) is 4.99 Å². The van der Waals surface area contributed by atoms with Crippen molar-refractivity contribution in [3.05, 3.63) is 328 Å². The van der Waals surface area contributed by atoms with E-state index in [0.717, 1.165) is 28.1 Å². The van der Waals surface area contributed by atoms with Gasteiger partial charge in [-0.15, -0.1) is 0 Å². The van der Waals surface area contributed by atoms with Gasteiger partial charge < -0.3 is 4.90 Å². The first kappa shape index (κ1) is 39.3. The number of nitrogens with zero attached hydrogens (tertiary/aromatic N) is 2. The minimum Gasteiger partial charge on any atom is -0.349 e. The van der Waals surface area contributed by atoms with Gasteiger partial charge in [0.2, 0.25) is 0 Å². The largest absolute Gasteiger partial charge is 0.349 e. The quantitative estimate of drug-likeness (QED) is 0.119. The Hall–Kier alpha value is -7.81. The van der Waals surface area contributed by atoms with E-state index < -0.39 is 10.8 Å². The molecule has 0 fully saturated rings. The van der Waals surface area contributed by atoms with Gasteiger partial charge in [0.25, 0.3) is 0 Å². The van der Waals surface area contributed by atoms with E-state index in [4.69, 9.17) is 4.99 Å². The van der Waals surface area contributed by atoms with Crippen LogP contribution in [0, 0.1) is 0 Å². The van der Waals surface area contributed by atoms with Crippen LogP contribution in [0.1, 0.15) is 67.4 Å². The molecule has 302 valence electrons. The topological polar surface area (TPSA) is 15.6 Å². The molecule has 9 aromatic carbocycles. The molecule has 1 heterocycles. The van der Waals surface area contributed by atoms with Gasteiger partial charge in [0.05, 0.1) is 16.5 Å². The van der Waals surface area contributed by atoms with Crippen molar-refractivity contribution in [2.45, 2.75) is 17.0 Å². The highest BCUT2D eigenvalue weighted by Gasteiger charge is 2.40. The molecule has 1 atom stereocenters. The molecular formula is C61H48N2. The molecule has 1 aliphatic rings. The van der Waals surface area contributed by atoms with Gasteiger partial charge in [-0.3, -0.25) is 4.99 Å². The molecule has 0 saturated heterocycles. The zero-order valence-electron chi connectivity index (χ0n) is 35.4. The molecule has 0 N–H and O–H groups in total. The molecule has 63 heavy (non-hydrogen) atoms. The fraction of sp³-hybridized carbons (Fsp3) is 0.0656. The Morgan fingerprint density at radius 3 is 1.00 bits per heavy atom. The van der Waals surface area contributed by atoms with E-state index in [-0.39, 0.29) is 6.17 Å². The molecule has 1 unspecified atom stereocenters. The van der Waals surface area contributed by atoms with Gasteiger partial charge >= 0.3 is 0 Å². The third-order valence-corrected chi connectivity index (χ3v) is 12.8. The lowest BCUT2D eigenvalue weighted by molar-refractivity contribution is 0.364. The first-order valence-corrected chi connectivity index (χ1v) is 21.8. The summed E-state index contributed by atoms with van der Waals surface area (Å²) in [7, 11) is 2.18. The summed E-state index contributed by atoms with van der Waals surface area (Å²) < 4.78 is 0. The summed E-state index contributed by atoms with van der Waals surface area (Å²) in [6.45, 7) is 0. The summed E-state index contributed by atoms with van der Waals surface area (Å²) in [5.74, 6) is 0. The minimum absolute atomic E-state index is 0.252. The van der Waals surface area contributed by atoms with Gasteiger partial charge in [0.15, 0.2) is 0 Å². The Morgan fingerprint density at radius 1 is 0.333 bits per heavy atom. The molecule has 1 aliphatic heterocycles. The Kier molecular flexibility index (Phi) is 10.8. The van der Waals surface area contributed by atoms with Crippen molar-refractivity contribution < 1.29 is 0 Å². The SMILES string of the molecule is CN1C(c2cccc(C(c3ccccc3)(c3ccccc3)c3ccccc3)c2)=CC(c2cccc(C(c3ccccc3)(c3ccccc3)c3ccccc3)c2)=NC1c1ccccc1. The van der Waals surface area contributed by atoms with Crippen LogP contribution in [-0.2, 0) is 10.8 Å². The average molecular weight is 809 g/mol. The van der Waals surface area contributed by atoms with Crippen LogP contribution in [0.5, 0.6) is 0 Å². The summed E-state index contributed by atoms with van der Waals surface area (Å²) in [5.41, 5.74) is 13.8. The van der Waals surface area contributed by atoms with Crippen molar-refractivity contribution in [3.8, 4) is 0 Å². The van der Waals surface area contributed by atoms with Crippen LogP contribution in [0.4, 0.5) is 0 Å². The zero-order valence-corrected chi connectivity index (χ0v) is 35.4. The second-order valence-electron chi connectivity index (χ2n) is 16.3. The summed E-state index contributed by atoms with van der Waals surface area (Å²) in [6.07, 6.45) is 2.04. The third-order valence-electron chi connectivity index (χ3n) is 12.8. The number of allylic oxidation sites excluding steroid dienone is 1. The van der Waals surface area contributed by atoms with Crippen LogP contribution in [-0.4, -0.2) is 17.7 Å². The van der Waals surface area contributed by atoms with E-state index in [0.29, 0.717) is 0 Å².